The second kappa shape index (κ2) is 5.89. The van der Waals surface area contributed by atoms with Gasteiger partial charge in [0, 0.05) is 26.2 Å². The van der Waals surface area contributed by atoms with Crippen LogP contribution in [0.3, 0.4) is 0 Å². The van der Waals surface area contributed by atoms with Crippen LogP contribution in [0.1, 0.15) is 12.0 Å². The molecule has 0 radical (unpaired) electrons. The van der Waals surface area contributed by atoms with Crippen LogP contribution in [0.2, 0.25) is 0 Å². The summed E-state index contributed by atoms with van der Waals surface area (Å²) in [5.74, 6) is 0.540. The molecule has 0 aromatic heterocycles. The molecule has 0 fully saturated rings. The lowest BCUT2D eigenvalue weighted by atomic mass is 10.2. The van der Waals surface area contributed by atoms with Crippen molar-refractivity contribution in [2.45, 2.75) is 6.42 Å². The summed E-state index contributed by atoms with van der Waals surface area (Å²) in [6.45, 7) is 1.13. The number of nitriles is 1. The summed E-state index contributed by atoms with van der Waals surface area (Å²) >= 11 is 0. The average Bonchev–Trinajstić information content (AvgIpc) is 2.23. The highest BCUT2D eigenvalue weighted by Crippen LogP contribution is 2.21. The summed E-state index contributed by atoms with van der Waals surface area (Å²) < 4.78 is 10.2. The summed E-state index contributed by atoms with van der Waals surface area (Å²) in [5, 5.41) is 17.9. The molecular formula is C11H13NO3. The topological polar surface area (TPSA) is 62.5 Å². The maximum Gasteiger partial charge on any atom is 0.124 e. The van der Waals surface area contributed by atoms with Gasteiger partial charge in [-0.2, -0.15) is 5.26 Å². The van der Waals surface area contributed by atoms with Gasteiger partial charge in [0.05, 0.1) is 18.2 Å². The van der Waals surface area contributed by atoms with Gasteiger partial charge in [-0.05, 0) is 12.1 Å². The second-order valence-corrected chi connectivity index (χ2v) is 3.02. The van der Waals surface area contributed by atoms with E-state index in [1.54, 1.807) is 13.2 Å². The van der Waals surface area contributed by atoms with Crippen LogP contribution >= 0.6 is 0 Å². The van der Waals surface area contributed by atoms with E-state index in [-0.39, 0.29) is 5.75 Å². The molecule has 0 atom stereocenters. The molecule has 0 aliphatic carbocycles. The summed E-state index contributed by atoms with van der Waals surface area (Å²) in [6.07, 6.45) is 0.772. The Hall–Kier alpha value is -1.73. The van der Waals surface area contributed by atoms with Gasteiger partial charge < -0.3 is 14.6 Å². The normalized spacial score (nSPS) is 9.60. The number of rotatable bonds is 5. The van der Waals surface area contributed by atoms with Gasteiger partial charge in [-0.1, -0.05) is 0 Å². The lowest BCUT2D eigenvalue weighted by molar-refractivity contribution is 0.172. The van der Waals surface area contributed by atoms with E-state index in [9.17, 15) is 5.11 Å². The zero-order chi connectivity index (χ0) is 11.1. The van der Waals surface area contributed by atoms with Crippen LogP contribution in [0.25, 0.3) is 0 Å². The van der Waals surface area contributed by atoms with E-state index in [0.717, 1.165) is 6.42 Å². The fourth-order valence-electron chi connectivity index (χ4n) is 1.12. The van der Waals surface area contributed by atoms with Crippen molar-refractivity contribution in [3.05, 3.63) is 23.8 Å². The Labute approximate surface area is 88.7 Å². The molecule has 0 unspecified atom stereocenters. The number of phenols is 1. The molecule has 0 bridgehead atoms. The minimum atomic E-state index is 0.0378. The van der Waals surface area contributed by atoms with Crippen molar-refractivity contribution in [1.82, 2.24) is 0 Å². The molecule has 4 nitrogen and oxygen atoms in total. The quantitative estimate of drug-likeness (QED) is 0.746. The fraction of sp³-hybridized carbons (Fsp3) is 0.364. The highest BCUT2D eigenvalue weighted by molar-refractivity contribution is 5.43. The Morgan fingerprint density at radius 2 is 2.13 bits per heavy atom. The Bertz CT molecular complexity index is 357. The molecule has 1 aromatic carbocycles. The molecule has 0 saturated heterocycles. The van der Waals surface area contributed by atoms with Gasteiger partial charge in [-0.3, -0.25) is 0 Å². The van der Waals surface area contributed by atoms with E-state index >= 15 is 0 Å². The molecule has 4 heteroatoms. The minimum absolute atomic E-state index is 0.0378. The first kappa shape index (κ1) is 11.3. The number of nitrogens with zero attached hydrogens (tertiary/aromatic N) is 1. The largest absolute Gasteiger partial charge is 0.508 e. The van der Waals surface area contributed by atoms with E-state index in [0.29, 0.717) is 24.5 Å². The van der Waals surface area contributed by atoms with E-state index in [1.807, 2.05) is 6.07 Å². The highest BCUT2D eigenvalue weighted by atomic mass is 16.5. The Balaban J connectivity index is 2.54. The minimum Gasteiger partial charge on any atom is -0.508 e. The fourth-order valence-corrected chi connectivity index (χ4v) is 1.12. The maximum atomic E-state index is 9.27. The molecule has 0 saturated carbocycles. The number of phenolic OH excluding ortho intramolecular Hbond substituents is 1. The molecule has 0 amide bonds. The third-order valence-corrected chi connectivity index (χ3v) is 1.78. The van der Waals surface area contributed by atoms with Crippen LogP contribution in [0.4, 0.5) is 0 Å². The monoisotopic (exact) mass is 207 g/mol. The van der Waals surface area contributed by atoms with Crippen molar-refractivity contribution in [3.8, 4) is 17.6 Å². The zero-order valence-electron chi connectivity index (χ0n) is 8.56. The molecule has 1 rings (SSSR count). The number of benzene rings is 1. The van der Waals surface area contributed by atoms with Crippen molar-refractivity contribution in [1.29, 1.82) is 5.26 Å². The van der Waals surface area contributed by atoms with E-state index < -0.39 is 0 Å². The molecule has 0 aliphatic heterocycles. The van der Waals surface area contributed by atoms with Gasteiger partial charge in [0.25, 0.3) is 0 Å². The second-order valence-electron chi connectivity index (χ2n) is 3.02. The predicted octanol–water partition coefficient (Wildman–Crippen LogP) is 1.68. The van der Waals surface area contributed by atoms with Gasteiger partial charge in [-0.15, -0.1) is 0 Å². The third kappa shape index (κ3) is 3.88. The van der Waals surface area contributed by atoms with Crippen LogP contribution in [-0.2, 0) is 4.74 Å². The zero-order valence-corrected chi connectivity index (χ0v) is 8.56. The molecule has 1 N–H and O–H groups in total. The van der Waals surface area contributed by atoms with Crippen molar-refractivity contribution in [2.24, 2.45) is 0 Å². The molecule has 0 spiro atoms. The molecular weight excluding hydrogens is 194 g/mol. The average molecular weight is 207 g/mol. The predicted molar refractivity (Wildman–Crippen MR) is 54.8 cm³/mol. The standard InChI is InChI=1S/C11H13NO3/c1-14-3-2-4-15-11-6-9(8-12)5-10(13)7-11/h5-7,13H,2-4H2,1H3. The summed E-state index contributed by atoms with van der Waals surface area (Å²) in [4.78, 5) is 0. The number of aromatic hydroxyl groups is 1. The third-order valence-electron chi connectivity index (χ3n) is 1.78. The van der Waals surface area contributed by atoms with Crippen molar-refractivity contribution < 1.29 is 14.6 Å². The van der Waals surface area contributed by atoms with Crippen LogP contribution in [0.15, 0.2) is 18.2 Å². The van der Waals surface area contributed by atoms with Crippen molar-refractivity contribution >= 4 is 0 Å². The Morgan fingerprint density at radius 3 is 2.80 bits per heavy atom. The maximum absolute atomic E-state index is 9.27. The van der Waals surface area contributed by atoms with Gasteiger partial charge in [0.15, 0.2) is 0 Å². The summed E-state index contributed by atoms with van der Waals surface area (Å²) in [6, 6.07) is 6.41. The van der Waals surface area contributed by atoms with Crippen molar-refractivity contribution in [2.75, 3.05) is 20.3 Å². The van der Waals surface area contributed by atoms with E-state index in [1.165, 1.54) is 12.1 Å². The van der Waals surface area contributed by atoms with Gasteiger partial charge >= 0.3 is 0 Å². The van der Waals surface area contributed by atoms with Crippen LogP contribution in [0, 0.1) is 11.3 Å². The molecule has 80 valence electrons. The van der Waals surface area contributed by atoms with Gasteiger partial charge in [0.1, 0.15) is 11.5 Å². The Kier molecular flexibility index (Phi) is 4.45. The smallest absolute Gasteiger partial charge is 0.124 e. The van der Waals surface area contributed by atoms with E-state index in [2.05, 4.69) is 0 Å². The van der Waals surface area contributed by atoms with Crippen LogP contribution < -0.4 is 4.74 Å². The molecule has 0 aliphatic rings. The summed E-state index contributed by atoms with van der Waals surface area (Å²) in [7, 11) is 1.63. The first-order chi connectivity index (χ1) is 7.26. The van der Waals surface area contributed by atoms with Gasteiger partial charge in [-0.25, -0.2) is 0 Å². The first-order valence-electron chi connectivity index (χ1n) is 4.62. The van der Waals surface area contributed by atoms with Crippen molar-refractivity contribution in [3.63, 3.8) is 0 Å². The number of hydrogen-bond acceptors (Lipinski definition) is 4. The SMILES string of the molecule is COCCCOc1cc(O)cc(C#N)c1. The molecule has 1 aromatic rings. The lowest BCUT2D eigenvalue weighted by Gasteiger charge is -2.06. The highest BCUT2D eigenvalue weighted by Gasteiger charge is 2.00. The lowest BCUT2D eigenvalue weighted by Crippen LogP contribution is -2.01. The Morgan fingerprint density at radius 1 is 1.33 bits per heavy atom. The van der Waals surface area contributed by atoms with Gasteiger partial charge in [0.2, 0.25) is 0 Å². The molecule has 0 heterocycles. The number of hydrogen-bond donors (Lipinski definition) is 1. The van der Waals surface area contributed by atoms with Crippen LogP contribution in [-0.4, -0.2) is 25.4 Å². The number of methoxy groups -OCH3 is 1. The van der Waals surface area contributed by atoms with Crippen LogP contribution in [0.5, 0.6) is 11.5 Å². The number of ether oxygens (including phenoxy) is 2. The molecule has 15 heavy (non-hydrogen) atoms. The summed E-state index contributed by atoms with van der Waals surface area (Å²) in [5.41, 5.74) is 0.386. The first-order valence-corrected chi connectivity index (χ1v) is 4.62. The van der Waals surface area contributed by atoms with E-state index in [4.69, 9.17) is 14.7 Å².